The van der Waals surface area contributed by atoms with E-state index in [-0.39, 0.29) is 11.2 Å². The van der Waals surface area contributed by atoms with Crippen LogP contribution in [-0.4, -0.2) is 34.7 Å². The molecule has 0 aromatic heterocycles. The second kappa shape index (κ2) is 8.82. The molecule has 1 aromatic rings. The van der Waals surface area contributed by atoms with Crippen molar-refractivity contribution in [3.05, 3.63) is 29.3 Å². The number of hydrogen-bond acceptors (Lipinski definition) is 3. The van der Waals surface area contributed by atoms with Gasteiger partial charge in [-0.2, -0.15) is 0 Å². The number of carbonyl (C=O) groups is 1. The molecule has 5 heteroatoms. The number of carbonyl (C=O) groups excluding carboxylic acids is 1. The van der Waals surface area contributed by atoms with Crippen LogP contribution in [0.1, 0.15) is 42.6 Å². The lowest BCUT2D eigenvalue weighted by molar-refractivity contribution is 0.0952. The first-order chi connectivity index (χ1) is 9.95. The standard InChI is InChI=1S/C16H26N2O2S/c1-5-9-17-14-6-7-15(12(2)11-14)16(19)18-10-8-13(3)21(4)20/h6-7,11,13,17H,5,8-10H2,1-4H3,(H,18,19). The summed E-state index contributed by atoms with van der Waals surface area (Å²) in [5.74, 6) is -0.0661. The maximum absolute atomic E-state index is 12.1. The first kappa shape index (κ1) is 17.7. The van der Waals surface area contributed by atoms with E-state index in [0.29, 0.717) is 12.1 Å². The van der Waals surface area contributed by atoms with Crippen molar-refractivity contribution < 1.29 is 9.00 Å². The summed E-state index contributed by atoms with van der Waals surface area (Å²) in [6.45, 7) is 7.47. The third kappa shape index (κ3) is 5.87. The summed E-state index contributed by atoms with van der Waals surface area (Å²) in [5.41, 5.74) is 2.70. The van der Waals surface area contributed by atoms with Crippen LogP contribution in [0.4, 0.5) is 5.69 Å². The predicted molar refractivity (Wildman–Crippen MR) is 90.4 cm³/mol. The normalized spacial score (nSPS) is 13.5. The van der Waals surface area contributed by atoms with Crippen molar-refractivity contribution in [1.29, 1.82) is 0 Å². The van der Waals surface area contributed by atoms with E-state index in [2.05, 4.69) is 17.6 Å². The zero-order chi connectivity index (χ0) is 15.8. The quantitative estimate of drug-likeness (QED) is 0.776. The van der Waals surface area contributed by atoms with Crippen LogP contribution in [0.15, 0.2) is 18.2 Å². The number of rotatable bonds is 8. The molecule has 2 unspecified atom stereocenters. The lowest BCUT2D eigenvalue weighted by Crippen LogP contribution is -2.28. The highest BCUT2D eigenvalue weighted by atomic mass is 32.2. The van der Waals surface area contributed by atoms with Gasteiger partial charge in [0.2, 0.25) is 0 Å². The van der Waals surface area contributed by atoms with Gasteiger partial charge in [0.25, 0.3) is 5.91 Å². The summed E-state index contributed by atoms with van der Waals surface area (Å²) < 4.78 is 11.3. The van der Waals surface area contributed by atoms with Gasteiger partial charge in [0.05, 0.1) is 0 Å². The lowest BCUT2D eigenvalue weighted by Gasteiger charge is -2.12. The van der Waals surface area contributed by atoms with Gasteiger partial charge in [-0.25, -0.2) is 0 Å². The summed E-state index contributed by atoms with van der Waals surface area (Å²) >= 11 is 0. The van der Waals surface area contributed by atoms with Crippen LogP contribution < -0.4 is 10.6 Å². The van der Waals surface area contributed by atoms with E-state index >= 15 is 0 Å². The molecule has 0 fully saturated rings. The Morgan fingerprint density at radius 3 is 2.62 bits per heavy atom. The molecule has 1 rings (SSSR count). The zero-order valence-electron chi connectivity index (χ0n) is 13.4. The second-order valence-electron chi connectivity index (χ2n) is 5.31. The molecule has 0 saturated heterocycles. The molecule has 1 aromatic carbocycles. The largest absolute Gasteiger partial charge is 0.385 e. The molecule has 2 N–H and O–H groups in total. The van der Waals surface area contributed by atoms with Crippen molar-refractivity contribution in [3.8, 4) is 0 Å². The molecular weight excluding hydrogens is 284 g/mol. The van der Waals surface area contributed by atoms with Crippen LogP contribution in [0, 0.1) is 6.92 Å². The van der Waals surface area contributed by atoms with Gasteiger partial charge >= 0.3 is 0 Å². The van der Waals surface area contributed by atoms with Crippen molar-refractivity contribution in [2.45, 2.75) is 38.9 Å². The van der Waals surface area contributed by atoms with E-state index in [1.165, 1.54) is 0 Å². The second-order valence-corrected chi connectivity index (χ2v) is 7.11. The van der Waals surface area contributed by atoms with Crippen LogP contribution in [0.3, 0.4) is 0 Å². The molecule has 0 bridgehead atoms. The molecule has 1 amide bonds. The van der Waals surface area contributed by atoms with Gasteiger partial charge in [-0.05, 0) is 43.5 Å². The Labute approximate surface area is 130 Å². The molecule has 0 spiro atoms. The van der Waals surface area contributed by atoms with E-state index in [0.717, 1.165) is 30.6 Å². The van der Waals surface area contributed by atoms with E-state index in [1.807, 2.05) is 32.0 Å². The summed E-state index contributed by atoms with van der Waals surface area (Å²) in [7, 11) is -0.840. The van der Waals surface area contributed by atoms with E-state index in [4.69, 9.17) is 0 Å². The number of nitrogens with one attached hydrogen (secondary N) is 2. The summed E-state index contributed by atoms with van der Waals surface area (Å²) in [6, 6.07) is 5.78. The number of aryl methyl sites for hydroxylation is 1. The molecule has 0 aliphatic rings. The fourth-order valence-electron chi connectivity index (χ4n) is 1.95. The number of anilines is 1. The Hall–Kier alpha value is -1.36. The highest BCUT2D eigenvalue weighted by molar-refractivity contribution is 7.84. The first-order valence-corrected chi connectivity index (χ1v) is 9.02. The fraction of sp³-hybridized carbons (Fsp3) is 0.562. The summed E-state index contributed by atoms with van der Waals surface area (Å²) in [6.07, 6.45) is 3.49. The van der Waals surface area contributed by atoms with Crippen LogP contribution in [0.25, 0.3) is 0 Å². The molecule has 4 nitrogen and oxygen atoms in total. The fourth-order valence-corrected chi connectivity index (χ4v) is 2.40. The zero-order valence-corrected chi connectivity index (χ0v) is 14.2. The highest BCUT2D eigenvalue weighted by Gasteiger charge is 2.11. The molecular formula is C16H26N2O2S. The minimum atomic E-state index is -0.840. The van der Waals surface area contributed by atoms with Crippen LogP contribution >= 0.6 is 0 Å². The van der Waals surface area contributed by atoms with Gasteiger partial charge in [-0.1, -0.05) is 13.8 Å². The average Bonchev–Trinajstić information content (AvgIpc) is 2.44. The number of benzene rings is 1. The average molecular weight is 310 g/mol. The molecule has 118 valence electrons. The Kier molecular flexibility index (Phi) is 7.43. The van der Waals surface area contributed by atoms with Gasteiger partial charge in [-0.15, -0.1) is 0 Å². The maximum atomic E-state index is 12.1. The molecule has 0 saturated carbocycles. The molecule has 0 aliphatic heterocycles. The third-order valence-electron chi connectivity index (χ3n) is 3.45. The van der Waals surface area contributed by atoms with Gasteiger partial charge < -0.3 is 10.6 Å². The Morgan fingerprint density at radius 1 is 1.33 bits per heavy atom. The van der Waals surface area contributed by atoms with Crippen molar-refractivity contribution >= 4 is 22.4 Å². The minimum Gasteiger partial charge on any atom is -0.385 e. The Balaban J connectivity index is 2.56. The summed E-state index contributed by atoms with van der Waals surface area (Å²) in [5, 5.41) is 6.30. The molecule has 2 atom stereocenters. The van der Waals surface area contributed by atoms with Crippen molar-refractivity contribution in [2.75, 3.05) is 24.7 Å². The van der Waals surface area contributed by atoms with Gasteiger partial charge in [0.15, 0.2) is 0 Å². The lowest BCUT2D eigenvalue weighted by atomic mass is 10.1. The molecule has 0 aliphatic carbocycles. The smallest absolute Gasteiger partial charge is 0.251 e. The topological polar surface area (TPSA) is 58.2 Å². The van der Waals surface area contributed by atoms with Gasteiger partial charge in [-0.3, -0.25) is 9.00 Å². The SMILES string of the molecule is CCCNc1ccc(C(=O)NCCC(C)S(C)=O)c(C)c1. The van der Waals surface area contributed by atoms with Crippen molar-refractivity contribution in [2.24, 2.45) is 0 Å². The maximum Gasteiger partial charge on any atom is 0.251 e. The van der Waals surface area contributed by atoms with Crippen molar-refractivity contribution in [1.82, 2.24) is 5.32 Å². The van der Waals surface area contributed by atoms with Gasteiger partial charge in [0, 0.05) is 46.6 Å². The van der Waals surface area contributed by atoms with Crippen LogP contribution in [-0.2, 0) is 10.8 Å². The summed E-state index contributed by atoms with van der Waals surface area (Å²) in [4.78, 5) is 12.1. The molecule has 0 radical (unpaired) electrons. The van der Waals surface area contributed by atoms with Crippen molar-refractivity contribution in [3.63, 3.8) is 0 Å². The number of hydrogen-bond donors (Lipinski definition) is 2. The van der Waals surface area contributed by atoms with E-state index < -0.39 is 10.8 Å². The van der Waals surface area contributed by atoms with Crippen LogP contribution in [0.5, 0.6) is 0 Å². The minimum absolute atomic E-state index is 0.0661. The third-order valence-corrected chi connectivity index (χ3v) is 4.82. The monoisotopic (exact) mass is 310 g/mol. The first-order valence-electron chi connectivity index (χ1n) is 7.40. The van der Waals surface area contributed by atoms with E-state index in [9.17, 15) is 9.00 Å². The Morgan fingerprint density at radius 2 is 2.05 bits per heavy atom. The van der Waals surface area contributed by atoms with Crippen LogP contribution in [0.2, 0.25) is 0 Å². The number of amides is 1. The Bertz CT molecular complexity index is 503. The highest BCUT2D eigenvalue weighted by Crippen LogP contribution is 2.15. The molecule has 0 heterocycles. The van der Waals surface area contributed by atoms with Gasteiger partial charge in [0.1, 0.15) is 0 Å². The predicted octanol–water partition coefficient (Wildman–Crippen LogP) is 2.70. The molecule has 21 heavy (non-hydrogen) atoms. The van der Waals surface area contributed by atoms with E-state index in [1.54, 1.807) is 6.26 Å².